The topological polar surface area (TPSA) is 87.1 Å². The van der Waals surface area contributed by atoms with Crippen LogP contribution in [0.1, 0.15) is 10.4 Å². The summed E-state index contributed by atoms with van der Waals surface area (Å²) in [5.41, 5.74) is -0.765. The maximum Gasteiger partial charge on any atom is 0.573 e. The summed E-state index contributed by atoms with van der Waals surface area (Å²) in [5, 5.41) is 12.1. The number of benzene rings is 2. The molecule has 0 fully saturated rings. The number of para-hydroxylation sites is 1. The molecule has 0 aliphatic rings. The number of carbonyl (C=O) groups excluding carboxylic acids is 1. The molecule has 12 heteroatoms. The molecule has 0 aliphatic heterocycles. The van der Waals surface area contributed by atoms with Crippen LogP contribution in [0.3, 0.4) is 0 Å². The van der Waals surface area contributed by atoms with E-state index in [0.717, 1.165) is 0 Å². The SMILES string of the molecule is CN/C(=C\C(=N)C(F)(F)F)NC(=O)c1ccc2cc(-c3ccccc3OC(F)(F)F)cnc2c1. The van der Waals surface area contributed by atoms with Crippen LogP contribution in [0.5, 0.6) is 5.75 Å². The van der Waals surface area contributed by atoms with E-state index in [0.29, 0.717) is 22.5 Å². The average Bonchev–Trinajstić information content (AvgIpc) is 2.76. The van der Waals surface area contributed by atoms with Gasteiger partial charge >= 0.3 is 12.5 Å². The Morgan fingerprint density at radius 1 is 1.06 bits per heavy atom. The molecule has 2 aromatic carbocycles. The summed E-state index contributed by atoms with van der Waals surface area (Å²) in [6, 6.07) is 11.4. The van der Waals surface area contributed by atoms with Crippen LogP contribution in [0.4, 0.5) is 26.3 Å². The summed E-state index contributed by atoms with van der Waals surface area (Å²) in [6.07, 6.45) is -8.00. The number of pyridine rings is 1. The van der Waals surface area contributed by atoms with E-state index in [9.17, 15) is 31.1 Å². The molecule has 1 heterocycles. The molecular weight excluding hydrogens is 466 g/mol. The van der Waals surface area contributed by atoms with Gasteiger partial charge in [0.2, 0.25) is 0 Å². The Kier molecular flexibility index (Phi) is 6.80. The number of hydrogen-bond donors (Lipinski definition) is 3. The first-order valence-electron chi connectivity index (χ1n) is 9.49. The number of fused-ring (bicyclic) bond motifs is 1. The van der Waals surface area contributed by atoms with Crippen molar-refractivity contribution in [2.45, 2.75) is 12.5 Å². The van der Waals surface area contributed by atoms with Crippen molar-refractivity contribution in [1.82, 2.24) is 15.6 Å². The molecule has 0 aliphatic carbocycles. The second kappa shape index (κ2) is 9.41. The number of rotatable bonds is 6. The zero-order valence-corrected chi connectivity index (χ0v) is 17.3. The fourth-order valence-electron chi connectivity index (χ4n) is 2.92. The Balaban J connectivity index is 1.87. The van der Waals surface area contributed by atoms with Crippen LogP contribution >= 0.6 is 0 Å². The summed E-state index contributed by atoms with van der Waals surface area (Å²) in [4.78, 5) is 16.6. The third-order valence-corrected chi connectivity index (χ3v) is 4.48. The van der Waals surface area contributed by atoms with E-state index in [2.05, 4.69) is 20.4 Å². The lowest BCUT2D eigenvalue weighted by Crippen LogP contribution is -2.32. The fraction of sp³-hybridized carbons (Fsp3) is 0.136. The highest BCUT2D eigenvalue weighted by Crippen LogP contribution is 2.34. The molecule has 1 amide bonds. The van der Waals surface area contributed by atoms with Gasteiger partial charge in [-0.25, -0.2) is 0 Å². The van der Waals surface area contributed by atoms with E-state index in [4.69, 9.17) is 5.41 Å². The van der Waals surface area contributed by atoms with Crippen LogP contribution in [0.2, 0.25) is 0 Å². The first kappa shape index (κ1) is 24.6. The van der Waals surface area contributed by atoms with Gasteiger partial charge < -0.3 is 15.4 Å². The van der Waals surface area contributed by atoms with Gasteiger partial charge in [-0.15, -0.1) is 13.2 Å². The predicted octanol–water partition coefficient (Wildman–Crippen LogP) is 5.17. The lowest BCUT2D eigenvalue weighted by Gasteiger charge is -2.14. The number of nitrogens with one attached hydrogen (secondary N) is 3. The number of alkyl halides is 6. The first-order chi connectivity index (χ1) is 15.9. The number of allylic oxidation sites excluding steroid dienone is 1. The largest absolute Gasteiger partial charge is 0.573 e. The Morgan fingerprint density at radius 3 is 2.41 bits per heavy atom. The molecule has 0 bridgehead atoms. The van der Waals surface area contributed by atoms with Crippen molar-refractivity contribution >= 4 is 22.5 Å². The minimum atomic E-state index is -4.87. The monoisotopic (exact) mass is 482 g/mol. The number of aromatic nitrogens is 1. The van der Waals surface area contributed by atoms with Crippen LogP contribution < -0.4 is 15.4 Å². The molecule has 0 unspecified atom stereocenters. The van der Waals surface area contributed by atoms with Gasteiger partial charge in [0.25, 0.3) is 5.91 Å². The fourth-order valence-corrected chi connectivity index (χ4v) is 2.92. The highest BCUT2D eigenvalue weighted by Gasteiger charge is 2.33. The minimum absolute atomic E-state index is 0.0632. The van der Waals surface area contributed by atoms with Crippen LogP contribution in [0, 0.1) is 5.41 Å². The normalized spacial score (nSPS) is 12.4. The van der Waals surface area contributed by atoms with E-state index in [1.165, 1.54) is 49.6 Å². The van der Waals surface area contributed by atoms with Gasteiger partial charge in [-0.1, -0.05) is 24.3 Å². The molecule has 34 heavy (non-hydrogen) atoms. The molecule has 3 N–H and O–H groups in total. The number of carbonyl (C=O) groups is 1. The van der Waals surface area contributed by atoms with Crippen molar-refractivity contribution in [3.63, 3.8) is 0 Å². The standard InChI is InChI=1S/C22H16F6N4O2/c1-30-19(10-18(29)21(23,24)25)32-20(33)13-7-6-12-8-14(11-31-16(12)9-13)15-4-2-3-5-17(15)34-22(26,27)28/h2-11,29-30H,1H3,(H,32,33)/b19-10+,29-18?. The number of amides is 1. The van der Waals surface area contributed by atoms with Gasteiger partial charge in [-0.05, 0) is 24.3 Å². The number of ether oxygens (including phenoxy) is 1. The van der Waals surface area contributed by atoms with Gasteiger partial charge in [0.1, 0.15) is 17.3 Å². The van der Waals surface area contributed by atoms with Crippen LogP contribution in [0.25, 0.3) is 22.0 Å². The summed E-state index contributed by atoms with van der Waals surface area (Å²) in [6.45, 7) is 0. The Morgan fingerprint density at radius 2 is 1.76 bits per heavy atom. The smallest absolute Gasteiger partial charge is 0.405 e. The number of hydrogen-bond acceptors (Lipinski definition) is 5. The van der Waals surface area contributed by atoms with Crippen molar-refractivity contribution in [3.05, 3.63) is 72.2 Å². The van der Waals surface area contributed by atoms with E-state index in [1.807, 2.05) is 0 Å². The molecule has 0 radical (unpaired) electrons. The van der Waals surface area contributed by atoms with E-state index < -0.39 is 29.9 Å². The quantitative estimate of drug-likeness (QED) is 0.334. The second-order valence-corrected chi connectivity index (χ2v) is 6.85. The molecule has 3 aromatic rings. The minimum Gasteiger partial charge on any atom is -0.405 e. The summed E-state index contributed by atoms with van der Waals surface area (Å²) in [5.74, 6) is -1.49. The van der Waals surface area contributed by atoms with Crippen molar-refractivity contribution in [2.24, 2.45) is 0 Å². The van der Waals surface area contributed by atoms with Crippen molar-refractivity contribution in [2.75, 3.05) is 7.05 Å². The molecule has 178 valence electrons. The van der Waals surface area contributed by atoms with Gasteiger partial charge in [0.15, 0.2) is 0 Å². The molecule has 0 saturated heterocycles. The maximum atomic E-state index is 12.7. The van der Waals surface area contributed by atoms with Crippen molar-refractivity contribution in [3.8, 4) is 16.9 Å². The second-order valence-electron chi connectivity index (χ2n) is 6.85. The highest BCUT2D eigenvalue weighted by molar-refractivity contribution is 6.01. The molecule has 6 nitrogen and oxygen atoms in total. The molecule has 0 spiro atoms. The zero-order valence-electron chi connectivity index (χ0n) is 17.3. The molecule has 0 saturated carbocycles. The maximum absolute atomic E-state index is 12.7. The zero-order chi connectivity index (χ0) is 25.1. The number of halogens is 6. The average molecular weight is 482 g/mol. The van der Waals surface area contributed by atoms with Crippen LogP contribution in [0.15, 0.2) is 66.6 Å². The van der Waals surface area contributed by atoms with E-state index >= 15 is 0 Å². The third-order valence-electron chi connectivity index (χ3n) is 4.48. The van der Waals surface area contributed by atoms with Crippen molar-refractivity contribution in [1.29, 1.82) is 5.41 Å². The van der Waals surface area contributed by atoms with Crippen LogP contribution in [-0.2, 0) is 0 Å². The summed E-state index contributed by atoms with van der Waals surface area (Å²) in [7, 11) is 1.28. The lowest BCUT2D eigenvalue weighted by molar-refractivity contribution is -0.274. The Bertz CT molecular complexity index is 1270. The Hall–Kier alpha value is -4.09. The number of nitrogens with zero attached hydrogens (tertiary/aromatic N) is 1. The molecule has 1 aromatic heterocycles. The highest BCUT2D eigenvalue weighted by atomic mass is 19.4. The summed E-state index contributed by atoms with van der Waals surface area (Å²) >= 11 is 0. The predicted molar refractivity (Wildman–Crippen MR) is 112 cm³/mol. The first-order valence-corrected chi connectivity index (χ1v) is 9.49. The summed E-state index contributed by atoms with van der Waals surface area (Å²) < 4.78 is 79.9. The molecular formula is C22H16F6N4O2. The van der Waals surface area contributed by atoms with Gasteiger partial charge in [0, 0.05) is 41.4 Å². The molecule has 0 atom stereocenters. The lowest BCUT2D eigenvalue weighted by atomic mass is 10.0. The van der Waals surface area contributed by atoms with Gasteiger partial charge in [-0.2, -0.15) is 13.2 Å². The van der Waals surface area contributed by atoms with Crippen LogP contribution in [-0.4, -0.2) is 36.2 Å². The van der Waals surface area contributed by atoms with Gasteiger partial charge in [0.05, 0.1) is 5.52 Å². The Labute approximate surface area is 188 Å². The van der Waals surface area contributed by atoms with Crippen molar-refractivity contribution < 1.29 is 35.9 Å². The van der Waals surface area contributed by atoms with E-state index in [1.54, 1.807) is 12.1 Å². The molecule has 3 rings (SSSR count). The third kappa shape index (κ3) is 6.03. The van der Waals surface area contributed by atoms with Gasteiger partial charge in [-0.3, -0.25) is 15.2 Å². The van der Waals surface area contributed by atoms with E-state index in [-0.39, 0.29) is 16.9 Å².